The van der Waals surface area contributed by atoms with Gasteiger partial charge in [-0.25, -0.2) is 0 Å². The first-order chi connectivity index (χ1) is 9.10. The van der Waals surface area contributed by atoms with Crippen molar-refractivity contribution in [3.05, 3.63) is 38.3 Å². The third-order valence-corrected chi connectivity index (χ3v) is 4.03. The van der Waals surface area contributed by atoms with Crippen molar-refractivity contribution < 1.29 is 9.66 Å². The third kappa shape index (κ3) is 3.75. The molecule has 1 aliphatic rings. The van der Waals surface area contributed by atoms with Crippen LogP contribution in [0.2, 0.25) is 0 Å². The molecule has 2 unspecified atom stereocenters. The van der Waals surface area contributed by atoms with E-state index in [1.54, 1.807) is 19.2 Å². The summed E-state index contributed by atoms with van der Waals surface area (Å²) in [6.45, 7) is 0.511. The van der Waals surface area contributed by atoms with E-state index in [0.717, 1.165) is 23.7 Å². The molecule has 0 radical (unpaired) electrons. The van der Waals surface area contributed by atoms with E-state index in [9.17, 15) is 10.1 Å². The average Bonchev–Trinajstić information content (AvgIpc) is 2.84. The number of nitro benzene ring substituents is 1. The summed E-state index contributed by atoms with van der Waals surface area (Å²) >= 11 is 3.35. The van der Waals surface area contributed by atoms with Gasteiger partial charge in [-0.15, -0.1) is 0 Å². The molecule has 0 amide bonds. The van der Waals surface area contributed by atoms with E-state index in [4.69, 9.17) is 4.74 Å². The molecule has 19 heavy (non-hydrogen) atoms. The zero-order chi connectivity index (χ0) is 13.8. The lowest BCUT2D eigenvalue weighted by molar-refractivity contribution is -0.385. The Labute approximate surface area is 120 Å². The Morgan fingerprint density at radius 2 is 2.32 bits per heavy atom. The van der Waals surface area contributed by atoms with Gasteiger partial charge in [0.25, 0.3) is 5.69 Å². The van der Waals surface area contributed by atoms with Crippen LogP contribution >= 0.6 is 15.9 Å². The largest absolute Gasteiger partial charge is 0.381 e. The van der Waals surface area contributed by atoms with Gasteiger partial charge in [0.15, 0.2) is 0 Å². The van der Waals surface area contributed by atoms with Crippen molar-refractivity contribution in [1.29, 1.82) is 0 Å². The second kappa shape index (κ2) is 6.45. The topological polar surface area (TPSA) is 64.4 Å². The number of hydrogen-bond donors (Lipinski definition) is 1. The van der Waals surface area contributed by atoms with E-state index in [0.29, 0.717) is 24.3 Å². The standard InChI is InChI=1S/C13H17BrN2O3/c1-19-12-4-3-11(7-12)15-8-9-6-10(14)2-5-13(9)16(17)18/h2,5-6,11-12,15H,3-4,7-8H2,1H3. The van der Waals surface area contributed by atoms with Gasteiger partial charge in [0.05, 0.1) is 11.0 Å². The smallest absolute Gasteiger partial charge is 0.273 e. The van der Waals surface area contributed by atoms with E-state index in [-0.39, 0.29) is 10.6 Å². The van der Waals surface area contributed by atoms with E-state index < -0.39 is 0 Å². The molecular weight excluding hydrogens is 312 g/mol. The summed E-state index contributed by atoms with van der Waals surface area (Å²) in [4.78, 5) is 10.6. The van der Waals surface area contributed by atoms with Crippen LogP contribution in [0.25, 0.3) is 0 Å². The van der Waals surface area contributed by atoms with Crippen LogP contribution in [-0.4, -0.2) is 24.2 Å². The molecule has 1 fully saturated rings. The molecule has 1 aromatic rings. The second-order valence-corrected chi connectivity index (χ2v) is 5.69. The van der Waals surface area contributed by atoms with Crippen LogP contribution in [0.1, 0.15) is 24.8 Å². The maximum atomic E-state index is 11.0. The number of hydrogen-bond acceptors (Lipinski definition) is 4. The number of benzene rings is 1. The minimum absolute atomic E-state index is 0.164. The van der Waals surface area contributed by atoms with Gasteiger partial charge in [-0.05, 0) is 31.4 Å². The number of nitrogens with zero attached hydrogens (tertiary/aromatic N) is 1. The number of ether oxygens (including phenoxy) is 1. The normalized spacial score (nSPS) is 22.6. The van der Waals surface area contributed by atoms with Crippen LogP contribution in [0.15, 0.2) is 22.7 Å². The number of rotatable bonds is 5. The van der Waals surface area contributed by atoms with E-state index in [1.807, 2.05) is 0 Å². The zero-order valence-corrected chi connectivity index (χ0v) is 12.4. The molecule has 1 aliphatic carbocycles. The Morgan fingerprint density at radius 1 is 1.53 bits per heavy atom. The van der Waals surface area contributed by atoms with E-state index in [1.165, 1.54) is 6.07 Å². The zero-order valence-electron chi connectivity index (χ0n) is 10.8. The lowest BCUT2D eigenvalue weighted by atomic mass is 10.1. The van der Waals surface area contributed by atoms with E-state index >= 15 is 0 Å². The summed E-state index contributed by atoms with van der Waals surface area (Å²) in [7, 11) is 1.73. The first-order valence-electron chi connectivity index (χ1n) is 6.29. The number of nitrogens with one attached hydrogen (secondary N) is 1. The predicted octanol–water partition coefficient (Wildman–Crippen LogP) is 3.01. The van der Waals surface area contributed by atoms with Gasteiger partial charge in [-0.3, -0.25) is 10.1 Å². The SMILES string of the molecule is COC1CCC(NCc2cc(Br)ccc2[N+](=O)[O-])C1. The summed E-state index contributed by atoms with van der Waals surface area (Å²) in [6, 6.07) is 5.41. The minimum Gasteiger partial charge on any atom is -0.381 e. The fraction of sp³-hybridized carbons (Fsp3) is 0.538. The fourth-order valence-electron chi connectivity index (χ4n) is 2.47. The average molecular weight is 329 g/mol. The van der Waals surface area contributed by atoms with Crippen molar-refractivity contribution >= 4 is 21.6 Å². The molecule has 1 aromatic carbocycles. The van der Waals surface area contributed by atoms with Gasteiger partial charge in [-0.1, -0.05) is 15.9 Å². The summed E-state index contributed by atoms with van der Waals surface area (Å²) in [6.07, 6.45) is 3.39. The molecule has 0 heterocycles. The summed E-state index contributed by atoms with van der Waals surface area (Å²) in [5, 5.41) is 14.3. The summed E-state index contributed by atoms with van der Waals surface area (Å²) < 4.78 is 6.18. The third-order valence-electron chi connectivity index (χ3n) is 3.54. The highest BCUT2D eigenvalue weighted by molar-refractivity contribution is 9.10. The second-order valence-electron chi connectivity index (χ2n) is 4.78. The molecule has 2 atom stereocenters. The fourth-order valence-corrected chi connectivity index (χ4v) is 2.88. The molecule has 104 valence electrons. The molecular formula is C13H17BrN2O3. The van der Waals surface area contributed by atoms with Crippen molar-refractivity contribution in [2.24, 2.45) is 0 Å². The van der Waals surface area contributed by atoms with Crippen molar-refractivity contribution in [3.63, 3.8) is 0 Å². The molecule has 0 spiro atoms. The molecule has 0 aromatic heterocycles. The molecule has 2 rings (SSSR count). The van der Waals surface area contributed by atoms with E-state index in [2.05, 4.69) is 21.2 Å². The predicted molar refractivity (Wildman–Crippen MR) is 76.1 cm³/mol. The first-order valence-corrected chi connectivity index (χ1v) is 7.08. The Kier molecular flexibility index (Phi) is 4.90. The van der Waals surface area contributed by atoms with Gasteiger partial charge < -0.3 is 10.1 Å². The van der Waals surface area contributed by atoms with Crippen LogP contribution in [0.3, 0.4) is 0 Å². The number of nitro groups is 1. The lowest BCUT2D eigenvalue weighted by Crippen LogP contribution is -2.27. The maximum Gasteiger partial charge on any atom is 0.273 e. The minimum atomic E-state index is -0.337. The highest BCUT2D eigenvalue weighted by atomic mass is 79.9. The highest BCUT2D eigenvalue weighted by Crippen LogP contribution is 2.25. The van der Waals surface area contributed by atoms with Crippen LogP contribution in [0.4, 0.5) is 5.69 Å². The van der Waals surface area contributed by atoms with Crippen molar-refractivity contribution in [2.75, 3.05) is 7.11 Å². The molecule has 6 heteroatoms. The van der Waals surface area contributed by atoms with Gasteiger partial charge in [0.1, 0.15) is 0 Å². The van der Waals surface area contributed by atoms with Crippen LogP contribution in [-0.2, 0) is 11.3 Å². The first kappa shape index (κ1) is 14.4. The van der Waals surface area contributed by atoms with Crippen molar-refractivity contribution in [1.82, 2.24) is 5.32 Å². The Bertz CT molecular complexity index is 467. The molecule has 1 N–H and O–H groups in total. The molecule has 0 bridgehead atoms. The number of methoxy groups -OCH3 is 1. The number of halogens is 1. The highest BCUT2D eigenvalue weighted by Gasteiger charge is 2.24. The monoisotopic (exact) mass is 328 g/mol. The summed E-state index contributed by atoms with van der Waals surface area (Å²) in [5.41, 5.74) is 0.872. The Balaban J connectivity index is 1.99. The molecule has 0 saturated heterocycles. The Hall–Kier alpha value is -0.980. The molecule has 1 saturated carbocycles. The van der Waals surface area contributed by atoms with Crippen molar-refractivity contribution in [2.45, 2.75) is 38.0 Å². The van der Waals surface area contributed by atoms with Gasteiger partial charge in [-0.2, -0.15) is 0 Å². The van der Waals surface area contributed by atoms with Crippen LogP contribution in [0.5, 0.6) is 0 Å². The van der Waals surface area contributed by atoms with Gasteiger partial charge in [0, 0.05) is 35.8 Å². The van der Waals surface area contributed by atoms with Crippen molar-refractivity contribution in [3.8, 4) is 0 Å². The molecule has 0 aliphatic heterocycles. The Morgan fingerprint density at radius 3 is 2.95 bits per heavy atom. The van der Waals surface area contributed by atoms with Gasteiger partial charge in [0.2, 0.25) is 0 Å². The quantitative estimate of drug-likeness (QED) is 0.666. The van der Waals surface area contributed by atoms with Gasteiger partial charge >= 0.3 is 0 Å². The maximum absolute atomic E-state index is 11.0. The summed E-state index contributed by atoms with van der Waals surface area (Å²) in [5.74, 6) is 0. The lowest BCUT2D eigenvalue weighted by Gasteiger charge is -2.13. The van der Waals surface area contributed by atoms with Crippen LogP contribution in [0, 0.1) is 10.1 Å². The molecule has 5 nitrogen and oxygen atoms in total. The van der Waals surface area contributed by atoms with Crippen LogP contribution < -0.4 is 5.32 Å².